The van der Waals surface area contributed by atoms with Crippen molar-refractivity contribution < 1.29 is 32.4 Å². The van der Waals surface area contributed by atoms with Gasteiger partial charge >= 0.3 is 13.2 Å². The topological polar surface area (TPSA) is 137 Å². The lowest BCUT2D eigenvalue weighted by atomic mass is 9.79. The zero-order valence-electron chi connectivity index (χ0n) is 18.0. The molecule has 2 aromatic heterocycles. The van der Waals surface area contributed by atoms with E-state index in [0.29, 0.717) is 27.5 Å². The molecule has 1 aromatic carbocycles. The molecule has 10 nitrogen and oxygen atoms in total. The van der Waals surface area contributed by atoms with Gasteiger partial charge in [-0.1, -0.05) is 6.07 Å². The van der Waals surface area contributed by atoms with Gasteiger partial charge in [0, 0.05) is 6.54 Å². The molecule has 0 fully saturated rings. The third kappa shape index (κ3) is 5.28. The highest BCUT2D eigenvalue weighted by Crippen LogP contribution is 2.38. The molecule has 174 valence electrons. The number of aromatic nitrogens is 1. The Kier molecular flexibility index (Phi) is 6.59. The van der Waals surface area contributed by atoms with Crippen molar-refractivity contribution >= 4 is 52.0 Å². The van der Waals surface area contributed by atoms with Crippen LogP contribution in [0.2, 0.25) is 0 Å². The van der Waals surface area contributed by atoms with Crippen molar-refractivity contribution in [3.8, 4) is 10.6 Å². The lowest BCUT2D eigenvalue weighted by Crippen LogP contribution is -2.35. The normalized spacial score (nSPS) is 16.4. The highest BCUT2D eigenvalue weighted by Gasteiger charge is 2.36. The Balaban J connectivity index is 1.54. The Morgan fingerprint density at radius 2 is 2.18 bits per heavy atom. The number of amides is 1. The highest BCUT2D eigenvalue weighted by molar-refractivity contribution is 7.81. The number of thiophene rings is 1. The fraction of sp³-hybridized carbons (Fsp3) is 0.300. The Labute approximate surface area is 197 Å². The molecule has 1 aliphatic rings. The number of rotatable bonds is 6. The number of nitrogens with one attached hydrogen (secondary N) is 1. The predicted octanol–water partition coefficient (Wildman–Crippen LogP) is 2.62. The van der Waals surface area contributed by atoms with Crippen LogP contribution in [0.3, 0.4) is 0 Å². The SMILES string of the molecule is CC(C)(C)OC(=O)NCC1OB(O)c2cc(N(c3ccc(-c4cnco4)s3)S(=O)[O-])ccc21. The summed E-state index contributed by atoms with van der Waals surface area (Å²) in [7, 11) is -1.26. The molecular weight excluding hydrogens is 469 g/mol. The highest BCUT2D eigenvalue weighted by atomic mass is 32.2. The van der Waals surface area contributed by atoms with E-state index in [4.69, 9.17) is 13.8 Å². The summed E-state index contributed by atoms with van der Waals surface area (Å²) in [4.78, 5) is 16.5. The van der Waals surface area contributed by atoms with E-state index in [1.807, 2.05) is 0 Å². The van der Waals surface area contributed by atoms with Gasteiger partial charge in [0.15, 0.2) is 12.2 Å². The Bertz CT molecular complexity index is 1160. The van der Waals surface area contributed by atoms with Crippen LogP contribution in [0.15, 0.2) is 47.3 Å². The van der Waals surface area contributed by atoms with Crippen molar-refractivity contribution in [2.75, 3.05) is 10.8 Å². The Hall–Kier alpha value is -2.71. The molecule has 13 heteroatoms. The van der Waals surface area contributed by atoms with E-state index in [-0.39, 0.29) is 6.54 Å². The van der Waals surface area contributed by atoms with Crippen molar-refractivity contribution in [3.63, 3.8) is 0 Å². The molecule has 2 unspecified atom stereocenters. The minimum Gasteiger partial charge on any atom is -0.755 e. The van der Waals surface area contributed by atoms with Crippen LogP contribution >= 0.6 is 11.3 Å². The van der Waals surface area contributed by atoms with E-state index < -0.39 is 36.2 Å². The number of alkyl carbamates (subject to hydrolysis) is 1. The maximum Gasteiger partial charge on any atom is 0.492 e. The van der Waals surface area contributed by atoms with Crippen LogP contribution in [0, 0.1) is 0 Å². The van der Waals surface area contributed by atoms with Crippen molar-refractivity contribution in [1.29, 1.82) is 0 Å². The number of fused-ring (bicyclic) bond motifs is 1. The minimum absolute atomic E-state index is 0.0843. The van der Waals surface area contributed by atoms with Gasteiger partial charge in [-0.25, -0.2) is 9.78 Å². The Morgan fingerprint density at radius 3 is 2.85 bits per heavy atom. The van der Waals surface area contributed by atoms with E-state index in [1.54, 1.807) is 57.3 Å². The zero-order chi connectivity index (χ0) is 23.8. The molecule has 1 amide bonds. The first-order valence-corrected chi connectivity index (χ1v) is 11.8. The van der Waals surface area contributed by atoms with Crippen molar-refractivity contribution in [2.24, 2.45) is 0 Å². The van der Waals surface area contributed by atoms with Crippen molar-refractivity contribution in [1.82, 2.24) is 10.3 Å². The number of hydrogen-bond donors (Lipinski definition) is 2. The summed E-state index contributed by atoms with van der Waals surface area (Å²) in [5.41, 5.74) is 0.759. The number of oxazole rings is 1. The average Bonchev–Trinajstić information content (AvgIpc) is 3.46. The van der Waals surface area contributed by atoms with Gasteiger partial charge in [-0.05, 0) is 56.1 Å². The first-order chi connectivity index (χ1) is 15.6. The third-order valence-electron chi connectivity index (χ3n) is 4.66. The summed E-state index contributed by atoms with van der Waals surface area (Å²) in [6.45, 7) is 5.36. The van der Waals surface area contributed by atoms with E-state index in [1.165, 1.54) is 17.7 Å². The first-order valence-electron chi connectivity index (χ1n) is 9.95. The van der Waals surface area contributed by atoms with Crippen LogP contribution in [-0.4, -0.2) is 44.1 Å². The molecule has 33 heavy (non-hydrogen) atoms. The monoisotopic (exact) mass is 490 g/mol. The quantitative estimate of drug-likeness (QED) is 0.398. The van der Waals surface area contributed by atoms with Crippen LogP contribution in [0.25, 0.3) is 10.6 Å². The van der Waals surface area contributed by atoms with Gasteiger partial charge in [0.1, 0.15) is 10.6 Å². The van der Waals surface area contributed by atoms with Crippen molar-refractivity contribution in [3.05, 3.63) is 48.5 Å². The second kappa shape index (κ2) is 9.27. The Morgan fingerprint density at radius 1 is 1.39 bits per heavy atom. The lowest BCUT2D eigenvalue weighted by molar-refractivity contribution is 0.0498. The van der Waals surface area contributed by atoms with Gasteiger partial charge < -0.3 is 28.7 Å². The fourth-order valence-corrected chi connectivity index (χ4v) is 5.01. The minimum atomic E-state index is -2.62. The van der Waals surface area contributed by atoms with Gasteiger partial charge in [0.05, 0.1) is 34.1 Å². The van der Waals surface area contributed by atoms with E-state index in [0.717, 1.165) is 9.18 Å². The third-order valence-corrected chi connectivity index (χ3v) is 6.56. The van der Waals surface area contributed by atoms with Crippen LogP contribution in [0.1, 0.15) is 32.4 Å². The number of hydrogen-bond acceptors (Lipinski definition) is 9. The number of nitrogens with zero attached hydrogens (tertiary/aromatic N) is 2. The number of carbonyl (C=O) groups is 1. The molecule has 3 aromatic rings. The van der Waals surface area contributed by atoms with E-state index in [2.05, 4.69) is 10.3 Å². The van der Waals surface area contributed by atoms with Gasteiger partial charge in [0.2, 0.25) is 0 Å². The van der Waals surface area contributed by atoms with Crippen LogP contribution in [0.4, 0.5) is 15.5 Å². The summed E-state index contributed by atoms with van der Waals surface area (Å²) in [6, 6.07) is 8.24. The molecule has 0 spiro atoms. The molecule has 1 aliphatic heterocycles. The standard InChI is InChI=1S/C20H22BN3O7S2/c1-20(2,3)30-19(25)23-10-15-13-5-4-12(8-14(13)21(26)31-15)24(33(27)28)18-7-6-17(32-18)16-9-22-11-29-16/h4-9,11,15,26H,10H2,1-3H3,(H,23,25)(H,27,28)/p-1. The smallest absolute Gasteiger partial charge is 0.492 e. The largest absolute Gasteiger partial charge is 0.755 e. The summed E-state index contributed by atoms with van der Waals surface area (Å²) < 4.78 is 41.3. The molecule has 0 radical (unpaired) electrons. The van der Waals surface area contributed by atoms with Gasteiger partial charge in [-0.3, -0.25) is 8.51 Å². The maximum absolute atomic E-state index is 12.1. The van der Waals surface area contributed by atoms with Crippen LogP contribution in [-0.2, 0) is 20.7 Å². The van der Waals surface area contributed by atoms with Gasteiger partial charge in [-0.15, -0.1) is 11.3 Å². The van der Waals surface area contributed by atoms with E-state index >= 15 is 0 Å². The second-order valence-corrected chi connectivity index (χ2v) is 10.0. The molecular formula is C20H21BN3O7S2-. The second-order valence-electron chi connectivity index (χ2n) is 8.19. The maximum atomic E-state index is 12.1. The summed E-state index contributed by atoms with van der Waals surface area (Å²) in [6.07, 6.45) is 1.64. The number of benzene rings is 1. The predicted molar refractivity (Wildman–Crippen MR) is 123 cm³/mol. The van der Waals surface area contributed by atoms with Gasteiger partial charge in [-0.2, -0.15) is 0 Å². The fourth-order valence-electron chi connectivity index (χ4n) is 3.34. The molecule has 2 atom stereocenters. The number of ether oxygens (including phenoxy) is 1. The molecule has 4 rings (SSSR count). The zero-order valence-corrected chi connectivity index (χ0v) is 19.6. The summed E-state index contributed by atoms with van der Waals surface area (Å²) in [5.74, 6) is 0.529. The first kappa shape index (κ1) is 23.5. The molecule has 0 bridgehead atoms. The molecule has 3 heterocycles. The molecule has 0 saturated heterocycles. The summed E-state index contributed by atoms with van der Waals surface area (Å²) >= 11 is -1.41. The lowest BCUT2D eigenvalue weighted by Gasteiger charge is -2.25. The molecule has 0 saturated carbocycles. The number of carbonyl (C=O) groups excluding carboxylic acids is 1. The van der Waals surface area contributed by atoms with Crippen LogP contribution < -0.4 is 15.1 Å². The average molecular weight is 490 g/mol. The molecule has 2 N–H and O–H groups in total. The van der Waals surface area contributed by atoms with Crippen molar-refractivity contribution in [2.45, 2.75) is 32.5 Å². The number of anilines is 2. The van der Waals surface area contributed by atoms with Crippen LogP contribution in [0.5, 0.6) is 0 Å². The summed E-state index contributed by atoms with van der Waals surface area (Å²) in [5, 5.41) is 13.5. The molecule has 0 aliphatic carbocycles. The van der Waals surface area contributed by atoms with Gasteiger partial charge in [0.25, 0.3) is 0 Å². The van der Waals surface area contributed by atoms with E-state index in [9.17, 15) is 18.6 Å².